The minimum Gasteiger partial charge on any atom is -0.497 e. The molecule has 4 aromatic rings. The molecule has 37 heavy (non-hydrogen) atoms. The zero-order chi connectivity index (χ0) is 26.4. The summed E-state index contributed by atoms with van der Waals surface area (Å²) < 4.78 is 13.8. The third-order valence-electron chi connectivity index (χ3n) is 7.03. The molecule has 0 unspecified atom stereocenters. The molecule has 1 aliphatic heterocycles. The van der Waals surface area contributed by atoms with E-state index < -0.39 is 5.69 Å². The summed E-state index contributed by atoms with van der Waals surface area (Å²) in [4.78, 5) is 43.6. The third kappa shape index (κ3) is 4.23. The zero-order valence-electron chi connectivity index (χ0n) is 21.6. The summed E-state index contributed by atoms with van der Waals surface area (Å²) in [6.07, 6.45) is 0.561. The Kier molecular flexibility index (Phi) is 6.41. The first kappa shape index (κ1) is 24.8. The number of rotatable bonds is 5. The summed E-state index contributed by atoms with van der Waals surface area (Å²) in [6, 6.07) is 11.2. The van der Waals surface area contributed by atoms with E-state index in [9.17, 15) is 14.4 Å². The summed E-state index contributed by atoms with van der Waals surface area (Å²) in [5.41, 5.74) is 3.62. The Morgan fingerprint density at radius 1 is 1.05 bits per heavy atom. The highest BCUT2D eigenvalue weighted by Gasteiger charge is 2.28. The van der Waals surface area contributed by atoms with Crippen LogP contribution in [0.4, 0.5) is 0 Å². The van der Waals surface area contributed by atoms with E-state index in [2.05, 4.69) is 6.07 Å². The molecule has 0 atom stereocenters. The van der Waals surface area contributed by atoms with Crippen LogP contribution in [-0.2, 0) is 24.3 Å². The lowest BCUT2D eigenvalue weighted by Gasteiger charge is -2.25. The quantitative estimate of drug-likeness (QED) is 0.401. The second-order valence-electron chi connectivity index (χ2n) is 9.35. The molecule has 2 aromatic heterocycles. The molecule has 192 valence electrons. The van der Waals surface area contributed by atoms with Crippen molar-refractivity contribution in [2.24, 2.45) is 0 Å². The van der Waals surface area contributed by atoms with Gasteiger partial charge < -0.3 is 14.4 Å². The van der Waals surface area contributed by atoms with Gasteiger partial charge >= 0.3 is 5.69 Å². The van der Waals surface area contributed by atoms with E-state index >= 15 is 0 Å². The number of methoxy groups -OCH3 is 2. The molecule has 0 fully saturated rings. The summed E-state index contributed by atoms with van der Waals surface area (Å²) in [7, 11) is 3.05. The van der Waals surface area contributed by atoms with Crippen LogP contribution in [0.15, 0.2) is 46.0 Å². The van der Waals surface area contributed by atoms with Gasteiger partial charge in [-0.2, -0.15) is 0 Å². The maximum Gasteiger partial charge on any atom is 0.337 e. The minimum atomic E-state index is -0.441. The van der Waals surface area contributed by atoms with Crippen LogP contribution in [0.3, 0.4) is 0 Å². The molecular weight excluding hydrogens is 490 g/mol. The lowest BCUT2D eigenvalue weighted by molar-refractivity contribution is -0.129. The summed E-state index contributed by atoms with van der Waals surface area (Å²) in [6.45, 7) is 6.88. The number of aromatic nitrogens is 2. The van der Waals surface area contributed by atoms with Crippen molar-refractivity contribution < 1.29 is 14.3 Å². The molecule has 8 nitrogen and oxygen atoms in total. The van der Waals surface area contributed by atoms with Crippen LogP contribution >= 0.6 is 11.3 Å². The van der Waals surface area contributed by atoms with Gasteiger partial charge in [0.25, 0.3) is 5.56 Å². The molecule has 0 saturated carbocycles. The van der Waals surface area contributed by atoms with Crippen molar-refractivity contribution in [3.63, 3.8) is 0 Å². The monoisotopic (exact) mass is 519 g/mol. The molecule has 2 aromatic carbocycles. The highest BCUT2D eigenvalue weighted by molar-refractivity contribution is 7.18. The molecule has 1 aliphatic rings. The normalized spacial score (nSPS) is 13.1. The number of amides is 1. The molecule has 0 spiro atoms. The number of fused-ring (bicyclic) bond motifs is 3. The van der Waals surface area contributed by atoms with Crippen molar-refractivity contribution in [2.75, 3.05) is 20.8 Å². The van der Waals surface area contributed by atoms with E-state index in [0.717, 1.165) is 27.1 Å². The summed E-state index contributed by atoms with van der Waals surface area (Å²) >= 11 is 1.43. The second-order valence-corrected chi connectivity index (χ2v) is 10.4. The van der Waals surface area contributed by atoms with Crippen molar-refractivity contribution >= 4 is 27.5 Å². The maximum atomic E-state index is 14.1. The molecule has 0 saturated heterocycles. The van der Waals surface area contributed by atoms with Gasteiger partial charge in [-0.05, 0) is 49.1 Å². The van der Waals surface area contributed by atoms with E-state index in [1.807, 2.05) is 26.0 Å². The van der Waals surface area contributed by atoms with Crippen LogP contribution in [0.1, 0.15) is 34.1 Å². The van der Waals surface area contributed by atoms with E-state index in [0.29, 0.717) is 53.5 Å². The largest absolute Gasteiger partial charge is 0.497 e. The molecule has 9 heteroatoms. The Morgan fingerprint density at radius 2 is 1.84 bits per heavy atom. The number of benzene rings is 2. The van der Waals surface area contributed by atoms with Crippen molar-refractivity contribution in [1.29, 1.82) is 0 Å². The summed E-state index contributed by atoms with van der Waals surface area (Å²) in [5.74, 6) is 0.918. The molecule has 0 N–H and O–H groups in total. The van der Waals surface area contributed by atoms with Crippen LogP contribution in [0.2, 0.25) is 0 Å². The summed E-state index contributed by atoms with van der Waals surface area (Å²) in [5, 5.41) is 0.533. The standard InChI is InChI=1S/C28H29N3O5S/c1-16-6-7-17(2)19(12-16)14-30-27-25(21-10-11-29(18(3)32)15-24(21)37-27)26(33)31(28(30)34)22-9-8-20(35-4)13-23(22)36-5/h6-9,12-13H,10-11,14-15H2,1-5H3. The first-order valence-electron chi connectivity index (χ1n) is 12.1. The fourth-order valence-electron chi connectivity index (χ4n) is 4.94. The first-order chi connectivity index (χ1) is 17.7. The Labute approximate surface area is 218 Å². The predicted octanol–water partition coefficient (Wildman–Crippen LogP) is 3.80. The third-order valence-corrected chi connectivity index (χ3v) is 8.27. The number of carbonyl (C=O) groups is 1. The van der Waals surface area contributed by atoms with Crippen molar-refractivity contribution in [3.05, 3.63) is 84.4 Å². The van der Waals surface area contributed by atoms with Gasteiger partial charge in [0, 0.05) is 24.4 Å². The van der Waals surface area contributed by atoms with Gasteiger partial charge in [-0.25, -0.2) is 9.36 Å². The minimum absolute atomic E-state index is 0.00346. The fourth-order valence-corrected chi connectivity index (χ4v) is 6.28. The van der Waals surface area contributed by atoms with Crippen LogP contribution in [0.25, 0.3) is 15.9 Å². The van der Waals surface area contributed by atoms with E-state index in [4.69, 9.17) is 9.47 Å². The highest BCUT2D eigenvalue weighted by Crippen LogP contribution is 2.34. The van der Waals surface area contributed by atoms with E-state index in [-0.39, 0.29) is 11.5 Å². The number of carbonyl (C=O) groups excluding carboxylic acids is 1. The fraction of sp³-hybridized carbons (Fsp3) is 0.321. The average molecular weight is 520 g/mol. The van der Waals surface area contributed by atoms with Gasteiger partial charge in [-0.3, -0.25) is 14.2 Å². The van der Waals surface area contributed by atoms with Crippen molar-refractivity contribution in [2.45, 2.75) is 40.3 Å². The molecule has 0 aliphatic carbocycles. The van der Waals surface area contributed by atoms with Crippen LogP contribution in [0.5, 0.6) is 11.5 Å². The first-order valence-corrected chi connectivity index (χ1v) is 12.9. The van der Waals surface area contributed by atoms with Gasteiger partial charge in [0.1, 0.15) is 16.3 Å². The lowest BCUT2D eigenvalue weighted by Crippen LogP contribution is -2.39. The van der Waals surface area contributed by atoms with Crippen molar-refractivity contribution in [1.82, 2.24) is 14.0 Å². The Balaban J connectivity index is 1.83. The van der Waals surface area contributed by atoms with Crippen LogP contribution < -0.4 is 20.7 Å². The average Bonchev–Trinajstić information content (AvgIpc) is 3.27. The zero-order valence-corrected chi connectivity index (χ0v) is 22.4. The number of thiophene rings is 1. The van der Waals surface area contributed by atoms with Gasteiger partial charge in [0.2, 0.25) is 5.91 Å². The smallest absolute Gasteiger partial charge is 0.337 e. The SMILES string of the molecule is COc1ccc(-n2c(=O)c3c4c(sc3n(Cc3cc(C)ccc3C)c2=O)CN(C(C)=O)CC4)c(OC)c1. The Bertz CT molecular complexity index is 1660. The van der Waals surface area contributed by atoms with E-state index in [1.54, 1.807) is 41.7 Å². The van der Waals surface area contributed by atoms with Gasteiger partial charge in [-0.15, -0.1) is 11.3 Å². The molecule has 1 amide bonds. The van der Waals surface area contributed by atoms with Crippen LogP contribution in [0, 0.1) is 13.8 Å². The Morgan fingerprint density at radius 3 is 2.54 bits per heavy atom. The van der Waals surface area contributed by atoms with Gasteiger partial charge in [-0.1, -0.05) is 23.8 Å². The Hall–Kier alpha value is -3.85. The van der Waals surface area contributed by atoms with Crippen LogP contribution in [-0.4, -0.2) is 40.7 Å². The van der Waals surface area contributed by atoms with Crippen molar-refractivity contribution in [3.8, 4) is 17.2 Å². The number of ether oxygens (including phenoxy) is 2. The van der Waals surface area contributed by atoms with Gasteiger partial charge in [0.15, 0.2) is 0 Å². The molecule has 3 heterocycles. The molecule has 0 radical (unpaired) electrons. The van der Waals surface area contributed by atoms with E-state index in [1.165, 1.54) is 23.0 Å². The molecule has 5 rings (SSSR count). The highest BCUT2D eigenvalue weighted by atomic mass is 32.1. The topological polar surface area (TPSA) is 82.8 Å². The number of hydrogen-bond acceptors (Lipinski definition) is 6. The number of nitrogens with zero attached hydrogens (tertiary/aromatic N) is 3. The van der Waals surface area contributed by atoms with Gasteiger partial charge in [0.05, 0.1) is 38.4 Å². The predicted molar refractivity (Wildman–Crippen MR) is 145 cm³/mol. The molecular formula is C28H29N3O5S. The molecule has 0 bridgehead atoms. The number of aryl methyl sites for hydroxylation is 2. The number of hydrogen-bond donors (Lipinski definition) is 0. The second kappa shape index (κ2) is 9.55. The lowest BCUT2D eigenvalue weighted by atomic mass is 10.0. The maximum absolute atomic E-state index is 14.1.